The summed E-state index contributed by atoms with van der Waals surface area (Å²) in [6.45, 7) is 1.78. The largest absolute Gasteiger partial charge is 0.481 e. The Kier molecular flexibility index (Phi) is 3.19. The van der Waals surface area contributed by atoms with E-state index in [1.165, 1.54) is 17.5 Å². The summed E-state index contributed by atoms with van der Waals surface area (Å²) in [6, 6.07) is 0. The van der Waals surface area contributed by atoms with Gasteiger partial charge < -0.3 is 10.2 Å². The molecule has 76 valence electrons. The molecule has 0 saturated carbocycles. The molecule has 0 aromatic carbocycles. The number of carbonyl (C=O) groups is 2. The quantitative estimate of drug-likeness (QED) is 0.724. The fourth-order valence-electron chi connectivity index (χ4n) is 0.981. The van der Waals surface area contributed by atoms with Crippen LogP contribution in [-0.4, -0.2) is 27.1 Å². The Hall–Kier alpha value is -1.43. The Balaban J connectivity index is 2.74. The first kappa shape index (κ1) is 10.6. The van der Waals surface area contributed by atoms with Crippen molar-refractivity contribution in [1.29, 1.82) is 0 Å². The van der Waals surface area contributed by atoms with Gasteiger partial charge in [-0.2, -0.15) is 0 Å². The normalized spacial score (nSPS) is 10.4. The highest BCUT2D eigenvalue weighted by Crippen LogP contribution is 2.16. The second kappa shape index (κ2) is 4.19. The van der Waals surface area contributed by atoms with Crippen LogP contribution in [0, 0.1) is 12.8 Å². The summed E-state index contributed by atoms with van der Waals surface area (Å²) < 4.78 is 0. The standard InChI is InChI=1S/C8H9NO4S/c1-4-9-3-5(14-4)2-6(7(10)11)8(12)13/h3,6H,2H2,1H3,(H,10,11)(H,12,13). The van der Waals surface area contributed by atoms with Gasteiger partial charge >= 0.3 is 11.9 Å². The van der Waals surface area contributed by atoms with E-state index in [-0.39, 0.29) is 6.42 Å². The number of aryl methyl sites for hydroxylation is 1. The third-order valence-electron chi connectivity index (χ3n) is 1.67. The molecule has 0 aliphatic carbocycles. The molecule has 0 bridgehead atoms. The fourth-order valence-corrected chi connectivity index (χ4v) is 1.82. The van der Waals surface area contributed by atoms with E-state index in [1.807, 2.05) is 0 Å². The fraction of sp³-hybridized carbons (Fsp3) is 0.375. The highest BCUT2D eigenvalue weighted by molar-refractivity contribution is 7.11. The molecule has 1 aromatic rings. The van der Waals surface area contributed by atoms with Crippen LogP contribution in [0.25, 0.3) is 0 Å². The summed E-state index contributed by atoms with van der Waals surface area (Å²) >= 11 is 1.31. The van der Waals surface area contributed by atoms with Gasteiger partial charge in [-0.15, -0.1) is 11.3 Å². The van der Waals surface area contributed by atoms with Crippen molar-refractivity contribution >= 4 is 23.3 Å². The van der Waals surface area contributed by atoms with Gasteiger partial charge in [-0.3, -0.25) is 9.59 Å². The molecule has 0 unspecified atom stereocenters. The van der Waals surface area contributed by atoms with Gasteiger partial charge in [0.2, 0.25) is 0 Å². The maximum absolute atomic E-state index is 10.6. The summed E-state index contributed by atoms with van der Waals surface area (Å²) in [6.07, 6.45) is 1.51. The third-order valence-corrected chi connectivity index (χ3v) is 2.61. The van der Waals surface area contributed by atoms with Crippen LogP contribution in [0.3, 0.4) is 0 Å². The lowest BCUT2D eigenvalue weighted by atomic mass is 10.1. The lowest BCUT2D eigenvalue weighted by Gasteiger charge is -2.03. The van der Waals surface area contributed by atoms with Gasteiger partial charge in [0.1, 0.15) is 0 Å². The van der Waals surface area contributed by atoms with Crippen LogP contribution in [0.5, 0.6) is 0 Å². The van der Waals surface area contributed by atoms with Crippen molar-refractivity contribution in [2.24, 2.45) is 5.92 Å². The smallest absolute Gasteiger partial charge is 0.318 e. The minimum absolute atomic E-state index is 0.00380. The van der Waals surface area contributed by atoms with E-state index >= 15 is 0 Å². The van der Waals surface area contributed by atoms with Crippen LogP contribution >= 0.6 is 11.3 Å². The van der Waals surface area contributed by atoms with Gasteiger partial charge in [-0.25, -0.2) is 4.98 Å². The van der Waals surface area contributed by atoms with E-state index in [0.29, 0.717) is 4.88 Å². The summed E-state index contributed by atoms with van der Waals surface area (Å²) in [5.41, 5.74) is 0. The second-order valence-electron chi connectivity index (χ2n) is 2.78. The number of aliphatic carboxylic acids is 2. The highest BCUT2D eigenvalue weighted by atomic mass is 32.1. The van der Waals surface area contributed by atoms with E-state index in [4.69, 9.17) is 10.2 Å². The van der Waals surface area contributed by atoms with Crippen LogP contribution in [-0.2, 0) is 16.0 Å². The van der Waals surface area contributed by atoms with E-state index in [2.05, 4.69) is 4.98 Å². The van der Waals surface area contributed by atoms with Gasteiger partial charge in [0.15, 0.2) is 5.92 Å². The molecule has 0 amide bonds. The van der Waals surface area contributed by atoms with Crippen LogP contribution < -0.4 is 0 Å². The number of carboxylic acids is 2. The SMILES string of the molecule is Cc1ncc(CC(C(=O)O)C(=O)O)s1. The van der Waals surface area contributed by atoms with E-state index < -0.39 is 17.9 Å². The summed E-state index contributed by atoms with van der Waals surface area (Å²) in [7, 11) is 0. The molecular formula is C8H9NO4S. The first-order valence-corrected chi connectivity index (χ1v) is 4.69. The monoisotopic (exact) mass is 215 g/mol. The average molecular weight is 215 g/mol. The third kappa shape index (κ3) is 2.53. The lowest BCUT2D eigenvalue weighted by molar-refractivity contribution is -0.154. The van der Waals surface area contributed by atoms with E-state index in [0.717, 1.165) is 5.01 Å². The van der Waals surface area contributed by atoms with Crippen molar-refractivity contribution in [3.05, 3.63) is 16.1 Å². The Morgan fingerprint density at radius 3 is 2.43 bits per heavy atom. The van der Waals surface area contributed by atoms with Gasteiger partial charge in [-0.1, -0.05) is 0 Å². The molecule has 1 heterocycles. The van der Waals surface area contributed by atoms with Crippen molar-refractivity contribution in [1.82, 2.24) is 4.98 Å². The zero-order chi connectivity index (χ0) is 10.7. The predicted molar refractivity (Wildman–Crippen MR) is 49.3 cm³/mol. The summed E-state index contributed by atoms with van der Waals surface area (Å²) in [4.78, 5) is 25.7. The van der Waals surface area contributed by atoms with Crippen LogP contribution in [0.1, 0.15) is 9.88 Å². The maximum Gasteiger partial charge on any atom is 0.318 e. The number of hydrogen-bond donors (Lipinski definition) is 2. The van der Waals surface area contributed by atoms with Crippen molar-refractivity contribution in [2.45, 2.75) is 13.3 Å². The Morgan fingerprint density at radius 2 is 2.07 bits per heavy atom. The predicted octanol–water partition coefficient (Wildman–Crippen LogP) is 0.779. The zero-order valence-corrected chi connectivity index (χ0v) is 8.24. The minimum Gasteiger partial charge on any atom is -0.481 e. The molecule has 0 aliphatic rings. The Bertz CT molecular complexity index is 346. The molecule has 1 rings (SSSR count). The number of carboxylic acid groups (broad SMARTS) is 2. The summed E-state index contributed by atoms with van der Waals surface area (Å²) in [5, 5.41) is 18.0. The van der Waals surface area contributed by atoms with E-state index in [1.54, 1.807) is 6.92 Å². The number of rotatable bonds is 4. The van der Waals surface area contributed by atoms with Crippen LogP contribution in [0.4, 0.5) is 0 Å². The average Bonchev–Trinajstić information content (AvgIpc) is 2.46. The molecule has 0 spiro atoms. The van der Waals surface area contributed by atoms with Crippen LogP contribution in [0.2, 0.25) is 0 Å². The molecule has 5 nitrogen and oxygen atoms in total. The van der Waals surface area contributed by atoms with Crippen LogP contribution in [0.15, 0.2) is 6.20 Å². The first-order valence-electron chi connectivity index (χ1n) is 3.87. The topological polar surface area (TPSA) is 87.5 Å². The number of thiazole rings is 1. The minimum atomic E-state index is -1.38. The molecular weight excluding hydrogens is 206 g/mol. The van der Waals surface area contributed by atoms with Crippen molar-refractivity contribution in [3.63, 3.8) is 0 Å². The number of aromatic nitrogens is 1. The van der Waals surface area contributed by atoms with Gasteiger partial charge in [-0.05, 0) is 6.92 Å². The number of nitrogens with zero attached hydrogens (tertiary/aromatic N) is 1. The zero-order valence-electron chi connectivity index (χ0n) is 7.43. The second-order valence-corrected chi connectivity index (χ2v) is 4.10. The molecule has 0 aliphatic heterocycles. The number of hydrogen-bond acceptors (Lipinski definition) is 4. The summed E-state index contributed by atoms with van der Waals surface area (Å²) in [5.74, 6) is -4.01. The Morgan fingerprint density at radius 1 is 1.50 bits per heavy atom. The molecule has 0 atom stereocenters. The molecule has 6 heteroatoms. The van der Waals surface area contributed by atoms with Gasteiger partial charge in [0.25, 0.3) is 0 Å². The van der Waals surface area contributed by atoms with Crippen molar-refractivity contribution in [3.8, 4) is 0 Å². The highest BCUT2D eigenvalue weighted by Gasteiger charge is 2.26. The molecule has 2 N–H and O–H groups in total. The Labute approximate surface area is 84.0 Å². The molecule has 0 radical (unpaired) electrons. The first-order chi connectivity index (χ1) is 6.50. The lowest BCUT2D eigenvalue weighted by Crippen LogP contribution is -2.25. The molecule has 0 fully saturated rings. The van der Waals surface area contributed by atoms with Crippen molar-refractivity contribution in [2.75, 3.05) is 0 Å². The molecule has 1 aromatic heterocycles. The van der Waals surface area contributed by atoms with Gasteiger partial charge in [0.05, 0.1) is 5.01 Å². The molecule has 14 heavy (non-hydrogen) atoms. The maximum atomic E-state index is 10.6. The van der Waals surface area contributed by atoms with E-state index in [9.17, 15) is 9.59 Å². The van der Waals surface area contributed by atoms with Crippen molar-refractivity contribution < 1.29 is 19.8 Å². The molecule has 0 saturated heterocycles. The van der Waals surface area contributed by atoms with Gasteiger partial charge in [0, 0.05) is 17.5 Å².